The number of likely N-dealkylation sites (tertiary alicyclic amines) is 1. The summed E-state index contributed by atoms with van der Waals surface area (Å²) in [6, 6.07) is 17.6. The Balaban J connectivity index is 1.53. The molecule has 2 amide bonds. The van der Waals surface area contributed by atoms with Gasteiger partial charge in [-0.2, -0.15) is 11.3 Å². The van der Waals surface area contributed by atoms with Gasteiger partial charge in [-0.05, 0) is 64.6 Å². The SMILES string of the molecule is CNC(=O)[C@]1(Cc2ccc(-c3ccsc3)cc2)CCN(C(=O)c2cccc(OC)c2)C1. The molecular formula is C25H26N2O3S. The van der Waals surface area contributed by atoms with Gasteiger partial charge in [-0.25, -0.2) is 0 Å². The fraction of sp³-hybridized carbons (Fsp3) is 0.280. The van der Waals surface area contributed by atoms with E-state index in [2.05, 4.69) is 46.4 Å². The number of amides is 2. The van der Waals surface area contributed by atoms with Crippen molar-refractivity contribution in [3.63, 3.8) is 0 Å². The largest absolute Gasteiger partial charge is 0.497 e. The molecule has 0 aliphatic carbocycles. The first kappa shape index (κ1) is 21.1. The Morgan fingerprint density at radius 2 is 1.94 bits per heavy atom. The first-order valence-electron chi connectivity index (χ1n) is 10.3. The second-order valence-electron chi connectivity index (χ2n) is 7.95. The van der Waals surface area contributed by atoms with E-state index in [4.69, 9.17) is 4.74 Å². The summed E-state index contributed by atoms with van der Waals surface area (Å²) in [7, 11) is 3.25. The maximum Gasteiger partial charge on any atom is 0.254 e. The molecule has 6 heteroatoms. The first-order chi connectivity index (χ1) is 15.0. The number of hydrogen-bond donors (Lipinski definition) is 1. The molecule has 0 saturated carbocycles. The number of rotatable bonds is 6. The standard InChI is InChI=1S/C25H26N2O3S/c1-26-24(29)25(15-18-6-8-19(9-7-18)21-10-13-31-16-21)11-12-27(17-25)23(28)20-4-3-5-22(14-20)30-2/h3-10,13-14,16H,11-12,15,17H2,1-2H3,(H,26,29)/t25-/m0/s1. The van der Waals surface area contributed by atoms with Gasteiger partial charge in [-0.1, -0.05) is 30.3 Å². The van der Waals surface area contributed by atoms with Crippen molar-refractivity contribution in [2.24, 2.45) is 5.41 Å². The summed E-state index contributed by atoms with van der Waals surface area (Å²) in [5.41, 5.74) is 3.41. The van der Waals surface area contributed by atoms with Gasteiger partial charge in [-0.15, -0.1) is 0 Å². The highest BCUT2D eigenvalue weighted by molar-refractivity contribution is 7.08. The third kappa shape index (κ3) is 4.35. The van der Waals surface area contributed by atoms with E-state index >= 15 is 0 Å². The number of thiophene rings is 1. The zero-order chi connectivity index (χ0) is 21.8. The van der Waals surface area contributed by atoms with Crippen molar-refractivity contribution in [2.45, 2.75) is 12.8 Å². The zero-order valence-electron chi connectivity index (χ0n) is 17.8. The summed E-state index contributed by atoms with van der Waals surface area (Å²) in [5, 5.41) is 7.01. The average Bonchev–Trinajstić information content (AvgIpc) is 3.50. The molecule has 1 atom stereocenters. The molecule has 160 valence electrons. The molecule has 1 fully saturated rings. The van der Waals surface area contributed by atoms with Crippen LogP contribution in [0.25, 0.3) is 11.1 Å². The Hall–Kier alpha value is -3.12. The van der Waals surface area contributed by atoms with Gasteiger partial charge in [0.25, 0.3) is 5.91 Å². The number of carbonyl (C=O) groups excluding carboxylic acids is 2. The fourth-order valence-corrected chi connectivity index (χ4v) is 4.96. The molecule has 2 aromatic carbocycles. The van der Waals surface area contributed by atoms with E-state index in [1.54, 1.807) is 42.5 Å². The van der Waals surface area contributed by atoms with E-state index in [1.807, 2.05) is 12.1 Å². The van der Waals surface area contributed by atoms with Crippen molar-refractivity contribution in [1.82, 2.24) is 10.2 Å². The number of ether oxygens (including phenoxy) is 1. The van der Waals surface area contributed by atoms with Crippen molar-refractivity contribution < 1.29 is 14.3 Å². The van der Waals surface area contributed by atoms with Crippen molar-refractivity contribution in [3.05, 3.63) is 76.5 Å². The van der Waals surface area contributed by atoms with Crippen LogP contribution < -0.4 is 10.1 Å². The molecule has 1 saturated heterocycles. The summed E-state index contributed by atoms with van der Waals surface area (Å²) in [4.78, 5) is 27.8. The molecule has 1 N–H and O–H groups in total. The van der Waals surface area contributed by atoms with Crippen LogP contribution in [-0.4, -0.2) is 44.0 Å². The van der Waals surface area contributed by atoms with Gasteiger partial charge in [0, 0.05) is 25.7 Å². The summed E-state index contributed by atoms with van der Waals surface area (Å²) < 4.78 is 5.25. The Bertz CT molecular complexity index is 1060. The maximum absolute atomic E-state index is 13.1. The summed E-state index contributed by atoms with van der Waals surface area (Å²) in [6.07, 6.45) is 1.23. The van der Waals surface area contributed by atoms with Crippen molar-refractivity contribution in [2.75, 3.05) is 27.2 Å². The highest BCUT2D eigenvalue weighted by atomic mass is 32.1. The molecule has 4 rings (SSSR count). The summed E-state index contributed by atoms with van der Waals surface area (Å²) >= 11 is 1.68. The molecule has 3 aromatic rings. The fourth-order valence-electron chi connectivity index (χ4n) is 4.29. The minimum absolute atomic E-state index is 0.0182. The van der Waals surface area contributed by atoms with Crippen molar-refractivity contribution in [1.29, 1.82) is 0 Å². The average molecular weight is 435 g/mol. The third-order valence-corrected chi connectivity index (χ3v) is 6.70. The highest BCUT2D eigenvalue weighted by Crippen LogP contribution is 2.36. The highest BCUT2D eigenvalue weighted by Gasteiger charge is 2.45. The number of nitrogens with zero attached hydrogens (tertiary/aromatic N) is 1. The van der Waals surface area contributed by atoms with E-state index in [1.165, 1.54) is 11.1 Å². The van der Waals surface area contributed by atoms with E-state index in [0.717, 1.165) is 5.56 Å². The van der Waals surface area contributed by atoms with Crippen LogP contribution in [0.1, 0.15) is 22.3 Å². The molecule has 0 unspecified atom stereocenters. The summed E-state index contributed by atoms with van der Waals surface area (Å²) in [6.45, 7) is 0.950. The number of nitrogens with one attached hydrogen (secondary N) is 1. The molecule has 2 heterocycles. The van der Waals surface area contributed by atoms with Crippen LogP contribution in [0.15, 0.2) is 65.4 Å². The second-order valence-corrected chi connectivity index (χ2v) is 8.73. The van der Waals surface area contributed by atoms with Crippen molar-refractivity contribution in [3.8, 4) is 16.9 Å². The molecule has 0 spiro atoms. The second kappa shape index (κ2) is 8.94. The predicted molar refractivity (Wildman–Crippen MR) is 123 cm³/mol. The Kier molecular flexibility index (Phi) is 6.09. The molecule has 5 nitrogen and oxygen atoms in total. The monoisotopic (exact) mass is 434 g/mol. The normalized spacial score (nSPS) is 18.1. The van der Waals surface area contributed by atoms with Crippen LogP contribution in [0, 0.1) is 5.41 Å². The molecule has 1 aliphatic heterocycles. The van der Waals surface area contributed by atoms with Gasteiger partial charge in [0.1, 0.15) is 5.75 Å². The minimum atomic E-state index is -0.632. The molecule has 0 radical (unpaired) electrons. The lowest BCUT2D eigenvalue weighted by Crippen LogP contribution is -2.44. The Morgan fingerprint density at radius 1 is 1.13 bits per heavy atom. The molecule has 31 heavy (non-hydrogen) atoms. The van der Waals surface area contributed by atoms with E-state index in [-0.39, 0.29) is 11.8 Å². The number of carbonyl (C=O) groups is 2. The van der Waals surface area contributed by atoms with Crippen LogP contribution in [0.4, 0.5) is 0 Å². The van der Waals surface area contributed by atoms with Gasteiger partial charge in [0.05, 0.1) is 12.5 Å². The van der Waals surface area contributed by atoms with Gasteiger partial charge < -0.3 is 15.0 Å². The van der Waals surface area contributed by atoms with Gasteiger partial charge in [0.2, 0.25) is 5.91 Å². The lowest BCUT2D eigenvalue weighted by molar-refractivity contribution is -0.129. The smallest absolute Gasteiger partial charge is 0.254 e. The third-order valence-electron chi connectivity index (χ3n) is 6.02. The molecular weight excluding hydrogens is 408 g/mol. The van der Waals surface area contributed by atoms with Crippen LogP contribution in [-0.2, 0) is 11.2 Å². The van der Waals surface area contributed by atoms with Gasteiger partial charge >= 0.3 is 0 Å². The predicted octanol–water partition coefficient (Wildman–Crippen LogP) is 4.24. The van der Waals surface area contributed by atoms with Gasteiger partial charge in [0.15, 0.2) is 0 Å². The van der Waals surface area contributed by atoms with Crippen LogP contribution in [0.3, 0.4) is 0 Å². The van der Waals surface area contributed by atoms with E-state index in [0.29, 0.717) is 37.2 Å². The lowest BCUT2D eigenvalue weighted by atomic mass is 9.79. The van der Waals surface area contributed by atoms with Crippen LogP contribution >= 0.6 is 11.3 Å². The maximum atomic E-state index is 13.1. The molecule has 1 aliphatic rings. The Morgan fingerprint density at radius 3 is 2.61 bits per heavy atom. The topological polar surface area (TPSA) is 58.6 Å². The van der Waals surface area contributed by atoms with E-state index in [9.17, 15) is 9.59 Å². The summed E-state index contributed by atoms with van der Waals surface area (Å²) in [5.74, 6) is 0.557. The first-order valence-corrected chi connectivity index (χ1v) is 11.3. The lowest BCUT2D eigenvalue weighted by Gasteiger charge is -2.28. The van der Waals surface area contributed by atoms with Crippen LogP contribution in [0.2, 0.25) is 0 Å². The van der Waals surface area contributed by atoms with Gasteiger partial charge in [-0.3, -0.25) is 9.59 Å². The van der Waals surface area contributed by atoms with Crippen molar-refractivity contribution >= 4 is 23.2 Å². The minimum Gasteiger partial charge on any atom is -0.497 e. The Labute approximate surface area is 186 Å². The number of benzene rings is 2. The van der Waals surface area contributed by atoms with Crippen LogP contribution in [0.5, 0.6) is 5.75 Å². The molecule has 1 aromatic heterocycles. The number of hydrogen-bond acceptors (Lipinski definition) is 4. The molecule has 0 bridgehead atoms. The number of methoxy groups -OCH3 is 1. The van der Waals surface area contributed by atoms with E-state index < -0.39 is 5.41 Å². The quantitative estimate of drug-likeness (QED) is 0.631. The zero-order valence-corrected chi connectivity index (χ0v) is 18.6.